The van der Waals surface area contributed by atoms with Gasteiger partial charge >= 0.3 is 0 Å². The first-order valence-electron chi connectivity index (χ1n) is 8.42. The third-order valence-corrected chi connectivity index (χ3v) is 5.28. The van der Waals surface area contributed by atoms with Crippen LogP contribution in [-0.4, -0.2) is 72.6 Å². The van der Waals surface area contributed by atoms with Gasteiger partial charge in [0.1, 0.15) is 0 Å². The standard InChI is InChI=1S/C16H30Cl4N2/c17-5-9-21(10-6-18)13-15-1-2-16(4-3-15)14-22(11-7-19)12-8-20/h15-16H,1-14H2. The van der Waals surface area contributed by atoms with Crippen molar-refractivity contribution in [3.05, 3.63) is 0 Å². The fourth-order valence-electron chi connectivity index (χ4n) is 3.39. The van der Waals surface area contributed by atoms with E-state index in [-0.39, 0.29) is 0 Å². The highest BCUT2D eigenvalue weighted by atomic mass is 35.5. The van der Waals surface area contributed by atoms with E-state index < -0.39 is 0 Å². The molecule has 0 radical (unpaired) electrons. The fraction of sp³-hybridized carbons (Fsp3) is 1.00. The Bertz CT molecular complexity index is 223. The number of halogens is 4. The van der Waals surface area contributed by atoms with E-state index in [1.54, 1.807) is 0 Å². The number of hydrogen-bond acceptors (Lipinski definition) is 2. The molecule has 0 heterocycles. The van der Waals surface area contributed by atoms with Gasteiger partial charge in [0, 0.05) is 62.8 Å². The molecule has 0 bridgehead atoms. The van der Waals surface area contributed by atoms with E-state index in [0.717, 1.165) is 51.1 Å². The van der Waals surface area contributed by atoms with Crippen LogP contribution in [0.2, 0.25) is 0 Å². The lowest BCUT2D eigenvalue weighted by atomic mass is 9.81. The first-order valence-corrected chi connectivity index (χ1v) is 10.6. The van der Waals surface area contributed by atoms with Gasteiger partial charge in [-0.25, -0.2) is 0 Å². The van der Waals surface area contributed by atoms with Crippen LogP contribution in [0.15, 0.2) is 0 Å². The Labute approximate surface area is 156 Å². The number of hydrogen-bond donors (Lipinski definition) is 0. The van der Waals surface area contributed by atoms with Gasteiger partial charge < -0.3 is 9.80 Å². The van der Waals surface area contributed by atoms with Gasteiger partial charge in [0.05, 0.1) is 0 Å². The van der Waals surface area contributed by atoms with E-state index in [2.05, 4.69) is 9.80 Å². The largest absolute Gasteiger partial charge is 0.301 e. The highest BCUT2D eigenvalue weighted by Crippen LogP contribution is 2.30. The second-order valence-corrected chi connectivity index (χ2v) is 7.76. The van der Waals surface area contributed by atoms with Gasteiger partial charge in [-0.2, -0.15) is 0 Å². The third-order valence-electron chi connectivity index (χ3n) is 4.60. The molecule has 1 rings (SSSR count). The Balaban J connectivity index is 2.29. The van der Waals surface area contributed by atoms with Crippen LogP contribution in [0.1, 0.15) is 25.7 Å². The van der Waals surface area contributed by atoms with Crippen LogP contribution in [-0.2, 0) is 0 Å². The SMILES string of the molecule is ClCCN(CCCl)CC1CCC(CN(CCCl)CCCl)CC1. The highest BCUT2D eigenvalue weighted by molar-refractivity contribution is 6.18. The Hall–Kier alpha value is 1.08. The van der Waals surface area contributed by atoms with Gasteiger partial charge in [-0.1, -0.05) is 0 Å². The van der Waals surface area contributed by atoms with Crippen molar-refractivity contribution in [3.63, 3.8) is 0 Å². The van der Waals surface area contributed by atoms with Gasteiger partial charge in [-0.15, -0.1) is 46.4 Å². The van der Waals surface area contributed by atoms with Gasteiger partial charge in [0.2, 0.25) is 0 Å². The van der Waals surface area contributed by atoms with E-state index in [0.29, 0.717) is 23.5 Å². The van der Waals surface area contributed by atoms with E-state index in [4.69, 9.17) is 46.4 Å². The van der Waals surface area contributed by atoms with Crippen molar-refractivity contribution in [2.45, 2.75) is 25.7 Å². The van der Waals surface area contributed by atoms with Gasteiger partial charge in [-0.05, 0) is 37.5 Å². The summed E-state index contributed by atoms with van der Waals surface area (Å²) >= 11 is 23.5. The molecular formula is C16H30Cl4N2. The van der Waals surface area contributed by atoms with Crippen LogP contribution in [0, 0.1) is 11.8 Å². The zero-order chi connectivity index (χ0) is 16.2. The van der Waals surface area contributed by atoms with Crippen LogP contribution in [0.5, 0.6) is 0 Å². The summed E-state index contributed by atoms with van der Waals surface area (Å²) in [5, 5.41) is 0. The third kappa shape index (κ3) is 8.80. The van der Waals surface area contributed by atoms with Crippen molar-refractivity contribution < 1.29 is 0 Å². The first-order chi connectivity index (χ1) is 10.7. The first kappa shape index (κ1) is 21.1. The Kier molecular flexibility index (Phi) is 12.8. The average molecular weight is 392 g/mol. The quantitative estimate of drug-likeness (QED) is 0.456. The summed E-state index contributed by atoms with van der Waals surface area (Å²) in [5.41, 5.74) is 0. The molecule has 1 aliphatic rings. The lowest BCUT2D eigenvalue weighted by molar-refractivity contribution is 0.162. The molecule has 0 spiro atoms. The molecule has 0 N–H and O–H groups in total. The van der Waals surface area contributed by atoms with Crippen molar-refractivity contribution in [1.29, 1.82) is 0 Å². The van der Waals surface area contributed by atoms with E-state index >= 15 is 0 Å². The maximum atomic E-state index is 5.88. The normalized spacial score (nSPS) is 22.6. The lowest BCUT2D eigenvalue weighted by Gasteiger charge is -2.34. The van der Waals surface area contributed by atoms with Crippen LogP contribution in [0.25, 0.3) is 0 Å². The average Bonchev–Trinajstić information content (AvgIpc) is 2.50. The summed E-state index contributed by atoms with van der Waals surface area (Å²) < 4.78 is 0. The number of alkyl halides is 4. The summed E-state index contributed by atoms with van der Waals surface area (Å²) in [6.45, 7) is 6.11. The zero-order valence-corrected chi connectivity index (χ0v) is 16.5. The highest BCUT2D eigenvalue weighted by Gasteiger charge is 2.24. The van der Waals surface area contributed by atoms with Crippen LogP contribution in [0.3, 0.4) is 0 Å². The topological polar surface area (TPSA) is 6.48 Å². The molecule has 0 unspecified atom stereocenters. The molecule has 0 amide bonds. The predicted molar refractivity (Wildman–Crippen MR) is 101 cm³/mol. The summed E-state index contributed by atoms with van der Waals surface area (Å²) in [6, 6.07) is 0. The zero-order valence-electron chi connectivity index (χ0n) is 13.5. The van der Waals surface area contributed by atoms with Gasteiger partial charge in [0.25, 0.3) is 0 Å². The molecular weight excluding hydrogens is 362 g/mol. The van der Waals surface area contributed by atoms with Gasteiger partial charge in [0.15, 0.2) is 0 Å². The van der Waals surface area contributed by atoms with Crippen molar-refractivity contribution >= 4 is 46.4 Å². The minimum Gasteiger partial charge on any atom is -0.301 e. The summed E-state index contributed by atoms with van der Waals surface area (Å²) in [6.07, 6.45) is 5.28. The maximum Gasteiger partial charge on any atom is 0.0351 e. The molecule has 0 aromatic heterocycles. The molecule has 132 valence electrons. The molecule has 0 saturated heterocycles. The molecule has 1 aliphatic carbocycles. The fourth-order valence-corrected chi connectivity index (χ4v) is 4.35. The minimum atomic E-state index is 0.693. The summed E-state index contributed by atoms with van der Waals surface area (Å²) in [5.74, 6) is 4.38. The van der Waals surface area contributed by atoms with Crippen molar-refractivity contribution in [3.8, 4) is 0 Å². The molecule has 6 heteroatoms. The second-order valence-electron chi connectivity index (χ2n) is 6.24. The summed E-state index contributed by atoms with van der Waals surface area (Å²) in [4.78, 5) is 4.83. The predicted octanol–water partition coefficient (Wildman–Crippen LogP) is 4.35. The molecule has 22 heavy (non-hydrogen) atoms. The van der Waals surface area contributed by atoms with Crippen molar-refractivity contribution in [1.82, 2.24) is 9.80 Å². The Morgan fingerprint density at radius 2 is 0.818 bits per heavy atom. The van der Waals surface area contributed by atoms with Crippen molar-refractivity contribution in [2.75, 3.05) is 62.8 Å². The van der Waals surface area contributed by atoms with Crippen LogP contribution < -0.4 is 0 Å². The molecule has 0 aliphatic heterocycles. The molecule has 0 atom stereocenters. The smallest absolute Gasteiger partial charge is 0.0351 e. The Morgan fingerprint density at radius 3 is 1.05 bits per heavy atom. The molecule has 2 nitrogen and oxygen atoms in total. The van der Waals surface area contributed by atoms with E-state index in [1.165, 1.54) is 25.7 Å². The van der Waals surface area contributed by atoms with Crippen LogP contribution >= 0.6 is 46.4 Å². The molecule has 0 aromatic rings. The van der Waals surface area contributed by atoms with Crippen molar-refractivity contribution in [2.24, 2.45) is 11.8 Å². The second kappa shape index (κ2) is 13.4. The Morgan fingerprint density at radius 1 is 0.545 bits per heavy atom. The molecule has 1 fully saturated rings. The molecule has 1 saturated carbocycles. The minimum absolute atomic E-state index is 0.693. The van der Waals surface area contributed by atoms with Gasteiger partial charge in [-0.3, -0.25) is 0 Å². The summed E-state index contributed by atoms with van der Waals surface area (Å²) in [7, 11) is 0. The number of rotatable bonds is 12. The number of nitrogens with zero attached hydrogens (tertiary/aromatic N) is 2. The monoisotopic (exact) mass is 390 g/mol. The molecule has 0 aromatic carbocycles. The lowest BCUT2D eigenvalue weighted by Crippen LogP contribution is -2.37. The maximum absolute atomic E-state index is 5.88. The van der Waals surface area contributed by atoms with E-state index in [1.807, 2.05) is 0 Å². The van der Waals surface area contributed by atoms with E-state index in [9.17, 15) is 0 Å². The van der Waals surface area contributed by atoms with Crippen LogP contribution in [0.4, 0.5) is 0 Å².